The van der Waals surface area contributed by atoms with Crippen molar-refractivity contribution in [2.75, 3.05) is 7.11 Å². The summed E-state index contributed by atoms with van der Waals surface area (Å²) in [6.45, 7) is 1.95. The molecule has 0 aliphatic carbocycles. The van der Waals surface area contributed by atoms with Crippen LogP contribution < -0.4 is 4.74 Å². The summed E-state index contributed by atoms with van der Waals surface area (Å²) in [5, 5.41) is 0.952. The summed E-state index contributed by atoms with van der Waals surface area (Å²) in [7, 11) is 1.60. The Kier molecular flexibility index (Phi) is 2.00. The normalized spacial score (nSPS) is 10.4. The van der Waals surface area contributed by atoms with Gasteiger partial charge in [-0.1, -0.05) is 0 Å². The van der Waals surface area contributed by atoms with Crippen LogP contribution in [0.25, 0.3) is 11.0 Å². The minimum Gasteiger partial charge on any atom is -0.497 e. The average Bonchev–Trinajstić information content (AvgIpc) is 2.61. The van der Waals surface area contributed by atoms with Gasteiger partial charge in [-0.05, 0) is 24.6 Å². The van der Waals surface area contributed by atoms with Gasteiger partial charge in [-0.2, -0.15) is 0 Å². The minimum atomic E-state index is 0.344. The first-order chi connectivity index (χ1) is 6.74. The maximum Gasteiger partial charge on any atom is 0.185 e. The maximum atomic E-state index is 10.5. The van der Waals surface area contributed by atoms with Crippen LogP contribution in [0.2, 0.25) is 0 Å². The van der Waals surface area contributed by atoms with Crippen molar-refractivity contribution in [3.8, 4) is 5.75 Å². The smallest absolute Gasteiger partial charge is 0.185 e. The van der Waals surface area contributed by atoms with Crippen LogP contribution in [-0.2, 0) is 0 Å². The van der Waals surface area contributed by atoms with E-state index in [2.05, 4.69) is 0 Å². The van der Waals surface area contributed by atoms with Gasteiger partial charge < -0.3 is 9.15 Å². The van der Waals surface area contributed by atoms with Crippen LogP contribution in [0.5, 0.6) is 5.75 Å². The van der Waals surface area contributed by atoms with E-state index in [9.17, 15) is 4.79 Å². The Labute approximate surface area is 81.3 Å². The van der Waals surface area contributed by atoms with Gasteiger partial charge in [-0.15, -0.1) is 0 Å². The summed E-state index contributed by atoms with van der Waals surface area (Å²) in [4.78, 5) is 10.5. The van der Waals surface area contributed by atoms with Crippen molar-refractivity contribution in [3.63, 3.8) is 0 Å². The molecule has 0 aliphatic heterocycles. The molecule has 0 radical (unpaired) electrons. The molecule has 0 amide bonds. The molecule has 3 heteroatoms. The van der Waals surface area contributed by atoms with Crippen LogP contribution in [0.4, 0.5) is 0 Å². The molecule has 0 spiro atoms. The van der Waals surface area contributed by atoms with Crippen molar-refractivity contribution < 1.29 is 13.9 Å². The van der Waals surface area contributed by atoms with Crippen molar-refractivity contribution in [3.05, 3.63) is 29.5 Å². The number of aryl methyl sites for hydroxylation is 1. The first-order valence-electron chi connectivity index (χ1n) is 4.28. The maximum absolute atomic E-state index is 10.5. The van der Waals surface area contributed by atoms with E-state index in [0.29, 0.717) is 17.6 Å². The van der Waals surface area contributed by atoms with Gasteiger partial charge in [-0.25, -0.2) is 0 Å². The Morgan fingerprint density at radius 3 is 2.79 bits per heavy atom. The summed E-state index contributed by atoms with van der Waals surface area (Å²) in [6.07, 6.45) is 0.700. The Balaban J connectivity index is 2.73. The van der Waals surface area contributed by atoms with Crippen LogP contribution in [0.15, 0.2) is 22.6 Å². The predicted octanol–water partition coefficient (Wildman–Crippen LogP) is 2.56. The Bertz CT molecular complexity index is 482. The number of hydrogen-bond acceptors (Lipinski definition) is 3. The van der Waals surface area contributed by atoms with Crippen LogP contribution in [0, 0.1) is 6.92 Å². The monoisotopic (exact) mass is 190 g/mol. The van der Waals surface area contributed by atoms with Gasteiger partial charge in [0.25, 0.3) is 0 Å². The van der Waals surface area contributed by atoms with E-state index in [1.165, 1.54) is 0 Å². The molecule has 14 heavy (non-hydrogen) atoms. The third-order valence-electron chi connectivity index (χ3n) is 2.19. The van der Waals surface area contributed by atoms with E-state index in [4.69, 9.17) is 9.15 Å². The summed E-state index contributed by atoms with van der Waals surface area (Å²) in [5.74, 6) is 1.08. The lowest BCUT2D eigenvalue weighted by Gasteiger charge is -2.00. The first kappa shape index (κ1) is 8.81. The number of methoxy groups -OCH3 is 1. The number of furan rings is 1. The number of ether oxygens (including phenoxy) is 1. The Morgan fingerprint density at radius 2 is 2.14 bits per heavy atom. The number of aldehydes is 1. The molecular formula is C11H10O3. The van der Waals surface area contributed by atoms with Crippen molar-refractivity contribution in [1.29, 1.82) is 0 Å². The first-order valence-corrected chi connectivity index (χ1v) is 4.28. The number of rotatable bonds is 2. The fraction of sp³-hybridized carbons (Fsp3) is 0.182. The second-order valence-electron chi connectivity index (χ2n) is 3.12. The lowest BCUT2D eigenvalue weighted by atomic mass is 10.1. The van der Waals surface area contributed by atoms with Crippen molar-refractivity contribution in [2.24, 2.45) is 0 Å². The van der Waals surface area contributed by atoms with Gasteiger partial charge in [-0.3, -0.25) is 4.79 Å². The van der Waals surface area contributed by atoms with Crippen molar-refractivity contribution in [1.82, 2.24) is 0 Å². The molecule has 2 rings (SSSR count). The van der Waals surface area contributed by atoms with E-state index >= 15 is 0 Å². The highest BCUT2D eigenvalue weighted by molar-refractivity contribution is 5.88. The van der Waals surface area contributed by atoms with Crippen molar-refractivity contribution in [2.45, 2.75) is 6.92 Å². The zero-order chi connectivity index (χ0) is 10.1. The lowest BCUT2D eigenvalue weighted by molar-refractivity contribution is 0.110. The molecule has 0 aliphatic rings. The molecule has 0 saturated carbocycles. The highest BCUT2D eigenvalue weighted by Crippen LogP contribution is 2.27. The van der Waals surface area contributed by atoms with E-state index in [1.54, 1.807) is 19.2 Å². The van der Waals surface area contributed by atoms with Crippen molar-refractivity contribution >= 4 is 17.3 Å². The lowest BCUT2D eigenvalue weighted by Crippen LogP contribution is -1.83. The summed E-state index contributed by atoms with van der Waals surface area (Å²) in [6, 6.07) is 5.42. The fourth-order valence-electron chi connectivity index (χ4n) is 1.48. The van der Waals surface area contributed by atoms with Gasteiger partial charge in [0.15, 0.2) is 12.0 Å². The molecule has 1 aromatic heterocycles. The summed E-state index contributed by atoms with van der Waals surface area (Å²) in [5.41, 5.74) is 1.72. The quantitative estimate of drug-likeness (QED) is 0.683. The molecule has 3 nitrogen and oxygen atoms in total. The Hall–Kier alpha value is -1.77. The van der Waals surface area contributed by atoms with Gasteiger partial charge in [0, 0.05) is 11.5 Å². The molecule has 0 unspecified atom stereocenters. The second kappa shape index (κ2) is 3.18. The standard InChI is InChI=1S/C11H10O3/c1-7-3-8(13-2)5-11-10(7)4-9(6-12)14-11/h3-6H,1-2H3. The fourth-order valence-corrected chi connectivity index (χ4v) is 1.48. The molecule has 0 bridgehead atoms. The van der Waals surface area contributed by atoms with E-state index < -0.39 is 0 Å². The number of carbonyl (C=O) groups excluding carboxylic acids is 1. The van der Waals surface area contributed by atoms with Crippen LogP contribution in [0.1, 0.15) is 16.1 Å². The van der Waals surface area contributed by atoms with Gasteiger partial charge in [0.2, 0.25) is 0 Å². The average molecular weight is 190 g/mol. The van der Waals surface area contributed by atoms with Crippen LogP contribution in [-0.4, -0.2) is 13.4 Å². The van der Waals surface area contributed by atoms with E-state index in [-0.39, 0.29) is 0 Å². The number of hydrogen-bond donors (Lipinski definition) is 0. The SMILES string of the molecule is COc1cc(C)c2cc(C=O)oc2c1. The van der Waals surface area contributed by atoms with Crippen LogP contribution in [0.3, 0.4) is 0 Å². The summed E-state index contributed by atoms with van der Waals surface area (Å²) < 4.78 is 10.4. The van der Waals surface area contributed by atoms with E-state index in [1.807, 2.05) is 13.0 Å². The minimum absolute atomic E-state index is 0.344. The molecule has 0 fully saturated rings. The molecule has 72 valence electrons. The van der Waals surface area contributed by atoms with Gasteiger partial charge in [0.1, 0.15) is 11.3 Å². The summed E-state index contributed by atoms with van der Waals surface area (Å²) >= 11 is 0. The molecular weight excluding hydrogens is 180 g/mol. The topological polar surface area (TPSA) is 39.4 Å². The molecule has 0 atom stereocenters. The highest BCUT2D eigenvalue weighted by atomic mass is 16.5. The molecule has 0 N–H and O–H groups in total. The third kappa shape index (κ3) is 1.27. The van der Waals surface area contributed by atoms with E-state index in [0.717, 1.165) is 16.7 Å². The Morgan fingerprint density at radius 1 is 1.36 bits per heavy atom. The molecule has 1 heterocycles. The zero-order valence-electron chi connectivity index (χ0n) is 8.03. The molecule has 2 aromatic rings. The number of benzene rings is 1. The largest absolute Gasteiger partial charge is 0.497 e. The van der Waals surface area contributed by atoms with Crippen LogP contribution >= 0.6 is 0 Å². The predicted molar refractivity (Wildman–Crippen MR) is 52.9 cm³/mol. The molecule has 0 saturated heterocycles. The van der Waals surface area contributed by atoms with Gasteiger partial charge in [0.05, 0.1) is 7.11 Å². The molecule has 1 aromatic carbocycles. The second-order valence-corrected chi connectivity index (χ2v) is 3.12. The zero-order valence-corrected chi connectivity index (χ0v) is 8.03. The highest BCUT2D eigenvalue weighted by Gasteiger charge is 2.07. The van der Waals surface area contributed by atoms with Gasteiger partial charge >= 0.3 is 0 Å². The number of fused-ring (bicyclic) bond motifs is 1. The number of carbonyl (C=O) groups is 1. The third-order valence-corrected chi connectivity index (χ3v) is 2.19.